The van der Waals surface area contributed by atoms with Crippen LogP contribution in [0.25, 0.3) is 94.7 Å². The highest BCUT2D eigenvalue weighted by molar-refractivity contribution is 6.16. The van der Waals surface area contributed by atoms with E-state index in [1.165, 1.54) is 16.3 Å². The Balaban J connectivity index is 1.16. The lowest BCUT2D eigenvalue weighted by atomic mass is 9.98. The minimum Gasteiger partial charge on any atom is -0.456 e. The molecule has 0 spiro atoms. The molecule has 0 saturated heterocycles. The first-order valence-electron chi connectivity index (χ1n) is 16.7. The van der Waals surface area contributed by atoms with Gasteiger partial charge in [-0.05, 0) is 53.6 Å². The average Bonchev–Trinajstić information content (AvgIpc) is 3.74. The van der Waals surface area contributed by atoms with Gasteiger partial charge in [0.25, 0.3) is 0 Å². The summed E-state index contributed by atoms with van der Waals surface area (Å²) in [5, 5.41) is 4.64. The fraction of sp³-hybridized carbons (Fsp3) is 0. The van der Waals surface area contributed by atoms with E-state index in [-0.39, 0.29) is 0 Å². The van der Waals surface area contributed by atoms with Gasteiger partial charge in [0.15, 0.2) is 17.5 Å². The minimum absolute atomic E-state index is 0.627. The molecule has 0 N–H and O–H groups in total. The molecule has 5 heteroatoms. The van der Waals surface area contributed by atoms with Crippen LogP contribution in [0.5, 0.6) is 0 Å². The molecule has 0 saturated carbocycles. The third-order valence-electron chi connectivity index (χ3n) is 9.45. The molecule has 3 aromatic heterocycles. The molecule has 0 radical (unpaired) electrons. The third kappa shape index (κ3) is 4.60. The summed E-state index contributed by atoms with van der Waals surface area (Å²) in [5.74, 6) is 1.91. The van der Waals surface area contributed by atoms with Crippen molar-refractivity contribution in [2.45, 2.75) is 0 Å². The molecule has 10 rings (SSSR count). The number of fused-ring (bicyclic) bond motifs is 6. The predicted octanol–water partition coefficient (Wildman–Crippen LogP) is 11.5. The Morgan fingerprint density at radius 3 is 1.72 bits per heavy atom. The van der Waals surface area contributed by atoms with Crippen molar-refractivity contribution < 1.29 is 4.42 Å². The molecule has 50 heavy (non-hydrogen) atoms. The Morgan fingerprint density at radius 1 is 0.380 bits per heavy atom. The van der Waals surface area contributed by atoms with Crippen molar-refractivity contribution in [3.63, 3.8) is 0 Å². The van der Waals surface area contributed by atoms with E-state index >= 15 is 0 Å². The van der Waals surface area contributed by atoms with E-state index in [0.717, 1.165) is 60.9 Å². The van der Waals surface area contributed by atoms with Crippen molar-refractivity contribution in [3.8, 4) is 51.0 Å². The molecule has 0 unspecified atom stereocenters. The van der Waals surface area contributed by atoms with Gasteiger partial charge >= 0.3 is 0 Å². The first kappa shape index (κ1) is 28.2. The maximum atomic E-state index is 6.16. The number of para-hydroxylation sites is 2. The standard InChI is InChI=1S/C45H28N4O/c1-3-13-29(14-4-1)43-46-44(30-15-5-2-6-16-30)48-45(47-43)32-17-11-18-33(27-32)49-38-22-9-7-20-36(38)42-34(21-12-23-39(42)49)31-25-26-41-37(28-31)35-19-8-10-24-40(35)50-41/h1-28H. The molecule has 10 aromatic rings. The Kier molecular flexibility index (Phi) is 6.42. The highest BCUT2D eigenvalue weighted by Gasteiger charge is 2.18. The molecule has 0 bridgehead atoms. The number of furan rings is 1. The zero-order valence-corrected chi connectivity index (χ0v) is 26.9. The van der Waals surface area contributed by atoms with Gasteiger partial charge in [-0.25, -0.2) is 15.0 Å². The second-order valence-electron chi connectivity index (χ2n) is 12.5. The Morgan fingerprint density at radius 2 is 0.960 bits per heavy atom. The summed E-state index contributed by atoms with van der Waals surface area (Å²) < 4.78 is 8.51. The van der Waals surface area contributed by atoms with Crippen LogP contribution in [0.4, 0.5) is 0 Å². The first-order chi connectivity index (χ1) is 24.8. The molecule has 3 heterocycles. The number of hydrogen-bond acceptors (Lipinski definition) is 4. The first-order valence-corrected chi connectivity index (χ1v) is 16.7. The highest BCUT2D eigenvalue weighted by Crippen LogP contribution is 2.40. The van der Waals surface area contributed by atoms with Gasteiger partial charge in [0.1, 0.15) is 11.2 Å². The summed E-state index contributed by atoms with van der Waals surface area (Å²) >= 11 is 0. The maximum absolute atomic E-state index is 6.16. The molecular formula is C45H28N4O. The fourth-order valence-electron chi connectivity index (χ4n) is 7.15. The quantitative estimate of drug-likeness (QED) is 0.188. The predicted molar refractivity (Wildman–Crippen MR) is 203 cm³/mol. The zero-order chi connectivity index (χ0) is 33.0. The van der Waals surface area contributed by atoms with Crippen LogP contribution in [0.3, 0.4) is 0 Å². The molecule has 0 aliphatic heterocycles. The monoisotopic (exact) mass is 640 g/mol. The summed E-state index contributed by atoms with van der Waals surface area (Å²) in [7, 11) is 0. The average molecular weight is 641 g/mol. The Labute approximate surface area is 287 Å². The van der Waals surface area contributed by atoms with E-state index in [4.69, 9.17) is 19.4 Å². The van der Waals surface area contributed by atoms with Crippen LogP contribution in [-0.2, 0) is 0 Å². The molecule has 0 amide bonds. The van der Waals surface area contributed by atoms with Crippen LogP contribution in [0, 0.1) is 0 Å². The second-order valence-corrected chi connectivity index (χ2v) is 12.5. The molecule has 0 fully saturated rings. The molecule has 0 aliphatic carbocycles. The van der Waals surface area contributed by atoms with Crippen molar-refractivity contribution in [1.29, 1.82) is 0 Å². The fourth-order valence-corrected chi connectivity index (χ4v) is 7.15. The lowest BCUT2D eigenvalue weighted by Crippen LogP contribution is -2.01. The van der Waals surface area contributed by atoms with Crippen molar-refractivity contribution in [2.75, 3.05) is 0 Å². The van der Waals surface area contributed by atoms with Crippen LogP contribution in [0.2, 0.25) is 0 Å². The molecular weight excluding hydrogens is 613 g/mol. The van der Waals surface area contributed by atoms with E-state index in [1.54, 1.807) is 0 Å². The third-order valence-corrected chi connectivity index (χ3v) is 9.45. The lowest BCUT2D eigenvalue weighted by molar-refractivity contribution is 0.669. The van der Waals surface area contributed by atoms with Crippen LogP contribution in [0.1, 0.15) is 0 Å². The van der Waals surface area contributed by atoms with E-state index in [0.29, 0.717) is 17.5 Å². The van der Waals surface area contributed by atoms with E-state index in [2.05, 4.69) is 102 Å². The molecule has 234 valence electrons. The van der Waals surface area contributed by atoms with E-state index < -0.39 is 0 Å². The Bertz CT molecular complexity index is 2810. The van der Waals surface area contributed by atoms with Gasteiger partial charge in [0, 0.05) is 43.9 Å². The number of hydrogen-bond donors (Lipinski definition) is 0. The number of benzene rings is 7. The van der Waals surface area contributed by atoms with Gasteiger partial charge in [0.2, 0.25) is 0 Å². The van der Waals surface area contributed by atoms with Gasteiger partial charge in [-0.1, -0.05) is 127 Å². The maximum Gasteiger partial charge on any atom is 0.164 e. The van der Waals surface area contributed by atoms with Gasteiger partial charge in [-0.15, -0.1) is 0 Å². The summed E-state index contributed by atoms with van der Waals surface area (Å²) in [6.07, 6.45) is 0. The number of aromatic nitrogens is 4. The van der Waals surface area contributed by atoms with Crippen LogP contribution < -0.4 is 0 Å². The van der Waals surface area contributed by atoms with Crippen LogP contribution in [0.15, 0.2) is 174 Å². The highest BCUT2D eigenvalue weighted by atomic mass is 16.3. The summed E-state index contributed by atoms with van der Waals surface area (Å²) in [5.41, 5.74) is 10.2. The minimum atomic E-state index is 0.627. The summed E-state index contributed by atoms with van der Waals surface area (Å²) in [4.78, 5) is 14.9. The van der Waals surface area contributed by atoms with Crippen molar-refractivity contribution in [3.05, 3.63) is 170 Å². The molecule has 7 aromatic carbocycles. The molecule has 5 nitrogen and oxygen atoms in total. The second kappa shape index (κ2) is 11.4. The van der Waals surface area contributed by atoms with Crippen molar-refractivity contribution in [2.24, 2.45) is 0 Å². The normalized spacial score (nSPS) is 11.6. The van der Waals surface area contributed by atoms with E-state index in [1.807, 2.05) is 72.8 Å². The Hall–Kier alpha value is -6.85. The van der Waals surface area contributed by atoms with Gasteiger partial charge in [-0.2, -0.15) is 0 Å². The lowest BCUT2D eigenvalue weighted by Gasteiger charge is -2.12. The van der Waals surface area contributed by atoms with E-state index in [9.17, 15) is 0 Å². The van der Waals surface area contributed by atoms with Gasteiger partial charge < -0.3 is 8.98 Å². The topological polar surface area (TPSA) is 56.7 Å². The SMILES string of the molecule is c1ccc(-c2nc(-c3ccccc3)nc(-c3cccc(-n4c5ccccc5c5c(-c6ccc7oc8ccccc8c7c6)cccc54)c3)n2)cc1. The molecule has 0 aliphatic rings. The number of rotatable bonds is 5. The van der Waals surface area contributed by atoms with Crippen LogP contribution >= 0.6 is 0 Å². The largest absolute Gasteiger partial charge is 0.456 e. The van der Waals surface area contributed by atoms with Gasteiger partial charge in [-0.3, -0.25) is 0 Å². The van der Waals surface area contributed by atoms with Crippen molar-refractivity contribution >= 4 is 43.7 Å². The summed E-state index contributed by atoms with van der Waals surface area (Å²) in [6.45, 7) is 0. The van der Waals surface area contributed by atoms with Crippen molar-refractivity contribution in [1.82, 2.24) is 19.5 Å². The zero-order valence-electron chi connectivity index (χ0n) is 26.9. The smallest absolute Gasteiger partial charge is 0.164 e. The molecule has 0 atom stereocenters. The summed E-state index contributed by atoms with van der Waals surface area (Å²) in [6, 6.07) is 58.7. The van der Waals surface area contributed by atoms with Gasteiger partial charge in [0.05, 0.1) is 11.0 Å². The number of nitrogens with zero attached hydrogens (tertiary/aromatic N) is 4. The van der Waals surface area contributed by atoms with Crippen LogP contribution in [-0.4, -0.2) is 19.5 Å².